The number of carbonyl (C=O) groups is 2. The van der Waals surface area contributed by atoms with Gasteiger partial charge in [0.2, 0.25) is 0 Å². The van der Waals surface area contributed by atoms with Crippen LogP contribution in [0.2, 0.25) is 5.02 Å². The number of alkyl halides is 9. The molecule has 6 nitrogen and oxygen atoms in total. The lowest BCUT2D eigenvalue weighted by Gasteiger charge is -2.22. The fourth-order valence-corrected chi connectivity index (χ4v) is 5.45. The highest BCUT2D eigenvalue weighted by molar-refractivity contribution is 6.32. The molecule has 0 aliphatic rings. The standard InChI is InChI=1S/C23H19ClF5NO2.C13H14F6O.C3H6O.C2H4O/c1-3-13-8-14(23(27,28)29)4-5-15(13)16-9-21(17(24)10-20(16)30)32-11-12-6-18(25)22(31-2)19(26)7-12;1-7(2)11(20-3)8-4-9(12(14,15)16)6-10(5-8)13(17,18)19;1-2-3-4;1-2-3/h4-10H,3,11,30H2,1-2H3;4-7,11H,1-3H3;3H,2H2,1H3;2H,1H3/t;11-;;/m.0../s1. The van der Waals surface area contributed by atoms with E-state index in [0.717, 1.165) is 43.9 Å². The van der Waals surface area contributed by atoms with Gasteiger partial charge in [-0.2, -0.15) is 39.5 Å². The topological polar surface area (TPSA) is 87.9 Å². The number of nitrogen functional groups attached to an aromatic ring is 1. The van der Waals surface area contributed by atoms with Crippen LogP contribution in [0.15, 0.2) is 60.7 Å². The van der Waals surface area contributed by atoms with Gasteiger partial charge in [-0.15, -0.1) is 0 Å². The number of nitrogens with two attached hydrogens (primary N) is 1. The summed E-state index contributed by atoms with van der Waals surface area (Å²) in [5, 5.41) is 0.144. The largest absolute Gasteiger partial charge is 0.491 e. The third-order valence-electron chi connectivity index (χ3n) is 7.83. The first kappa shape index (κ1) is 52.1. The first-order valence-electron chi connectivity index (χ1n) is 17.4. The zero-order valence-electron chi connectivity index (χ0n) is 32.9. The van der Waals surface area contributed by atoms with E-state index >= 15 is 0 Å². The van der Waals surface area contributed by atoms with Crippen LogP contribution in [0, 0.1) is 17.6 Å². The number of hydrogen-bond acceptors (Lipinski definition) is 6. The summed E-state index contributed by atoms with van der Waals surface area (Å²) >= 11 is 6.20. The number of benzene rings is 4. The smallest absolute Gasteiger partial charge is 0.416 e. The molecule has 4 rings (SSSR count). The fraction of sp³-hybridized carbons (Fsp3) is 0.366. The monoisotopic (exact) mass is 873 g/mol. The second-order valence-corrected chi connectivity index (χ2v) is 12.9. The minimum atomic E-state index is -4.84. The van der Waals surface area contributed by atoms with E-state index in [2.05, 4.69) is 4.74 Å². The molecule has 0 aliphatic heterocycles. The second kappa shape index (κ2) is 23.0. The predicted molar refractivity (Wildman–Crippen MR) is 202 cm³/mol. The van der Waals surface area contributed by atoms with Crippen LogP contribution >= 0.6 is 11.6 Å². The highest BCUT2D eigenvalue weighted by Crippen LogP contribution is 2.41. The van der Waals surface area contributed by atoms with E-state index in [-0.39, 0.29) is 46.2 Å². The summed E-state index contributed by atoms with van der Waals surface area (Å²) in [5.41, 5.74) is 4.34. The van der Waals surface area contributed by atoms with E-state index in [1.807, 2.05) is 6.92 Å². The lowest BCUT2D eigenvalue weighted by molar-refractivity contribution is -0.143. The highest BCUT2D eigenvalue weighted by atomic mass is 35.5. The number of ether oxygens (including phenoxy) is 3. The van der Waals surface area contributed by atoms with Gasteiger partial charge in [-0.3, -0.25) is 0 Å². The Morgan fingerprint density at radius 1 is 0.746 bits per heavy atom. The Hall–Kier alpha value is -4.90. The van der Waals surface area contributed by atoms with Gasteiger partial charge in [0.15, 0.2) is 17.4 Å². The lowest BCUT2D eigenvalue weighted by Crippen LogP contribution is -2.15. The number of aryl methyl sites for hydroxylation is 1. The van der Waals surface area contributed by atoms with Crippen molar-refractivity contribution in [3.63, 3.8) is 0 Å². The van der Waals surface area contributed by atoms with Crippen molar-refractivity contribution in [2.24, 2.45) is 5.92 Å². The number of aldehydes is 2. The molecule has 0 spiro atoms. The Kier molecular flexibility index (Phi) is 20.3. The summed E-state index contributed by atoms with van der Waals surface area (Å²) in [6.07, 6.45) is -12.4. The van der Waals surface area contributed by atoms with Crippen molar-refractivity contribution in [3.8, 4) is 22.6 Å². The minimum Gasteiger partial charge on any atom is -0.491 e. The van der Waals surface area contributed by atoms with Gasteiger partial charge in [-0.25, -0.2) is 8.78 Å². The van der Waals surface area contributed by atoms with Crippen molar-refractivity contribution in [2.45, 2.75) is 78.7 Å². The summed E-state index contributed by atoms with van der Waals surface area (Å²) in [7, 11) is 2.40. The Balaban J connectivity index is 0.000000549. The minimum absolute atomic E-state index is 0.108. The van der Waals surface area contributed by atoms with Crippen LogP contribution in [-0.4, -0.2) is 26.8 Å². The van der Waals surface area contributed by atoms with Crippen LogP contribution in [0.25, 0.3) is 11.1 Å². The van der Waals surface area contributed by atoms with Gasteiger partial charge in [0.05, 0.1) is 34.9 Å². The van der Waals surface area contributed by atoms with Gasteiger partial charge in [0.1, 0.15) is 24.9 Å². The molecule has 0 amide bonds. The summed E-state index contributed by atoms with van der Waals surface area (Å²) < 4.78 is 159. The van der Waals surface area contributed by atoms with E-state index < -0.39 is 58.7 Å². The average molecular weight is 874 g/mol. The molecule has 1 atom stereocenters. The summed E-state index contributed by atoms with van der Waals surface area (Å²) in [4.78, 5) is 18.0. The number of rotatable bonds is 10. The molecular weight excluding hydrogens is 831 g/mol. The number of halogens is 12. The zero-order valence-corrected chi connectivity index (χ0v) is 33.6. The molecule has 0 unspecified atom stereocenters. The molecule has 4 aromatic carbocycles. The van der Waals surface area contributed by atoms with E-state index in [4.69, 9.17) is 31.6 Å². The molecule has 0 radical (unpaired) electrons. The predicted octanol–water partition coefficient (Wildman–Crippen LogP) is 12.9. The van der Waals surface area contributed by atoms with E-state index in [9.17, 15) is 53.1 Å². The van der Waals surface area contributed by atoms with Crippen molar-refractivity contribution in [1.82, 2.24) is 0 Å². The molecule has 2 N–H and O–H groups in total. The molecule has 0 heterocycles. The molecule has 0 fully saturated rings. The van der Waals surface area contributed by atoms with Crippen molar-refractivity contribution in [3.05, 3.63) is 111 Å². The van der Waals surface area contributed by atoms with Gasteiger partial charge in [-0.05, 0) is 96.1 Å². The highest BCUT2D eigenvalue weighted by Gasteiger charge is 2.38. The zero-order chi connectivity index (χ0) is 45.5. The Morgan fingerprint density at radius 3 is 1.63 bits per heavy atom. The van der Waals surface area contributed by atoms with Crippen LogP contribution in [0.4, 0.5) is 54.0 Å². The molecular formula is C41H43ClF11NO5. The molecule has 0 aliphatic carbocycles. The number of anilines is 1. The average Bonchev–Trinajstić information content (AvgIpc) is 3.14. The van der Waals surface area contributed by atoms with Gasteiger partial charge in [-0.1, -0.05) is 45.4 Å². The normalized spacial score (nSPS) is 11.9. The quantitative estimate of drug-likeness (QED) is 0.0970. The molecule has 59 heavy (non-hydrogen) atoms. The molecule has 18 heteroatoms. The van der Waals surface area contributed by atoms with Crippen molar-refractivity contribution < 1.29 is 72.1 Å². The van der Waals surface area contributed by atoms with Crippen LogP contribution in [0.1, 0.15) is 80.5 Å². The first-order chi connectivity index (χ1) is 27.3. The van der Waals surface area contributed by atoms with E-state index in [1.54, 1.807) is 20.8 Å². The number of hydrogen-bond donors (Lipinski definition) is 1. The SMILES string of the molecule is CC=O.CCC=O.CCc1cc(C(F)(F)F)ccc1-c1cc(OCc2cc(F)c(OC)c(F)c2)c(Cl)cc1N.CO[C@H](c1cc(C(F)(F)F)cc(C(F)(F)F)c1)C(C)C. The lowest BCUT2D eigenvalue weighted by atomic mass is 9.94. The van der Waals surface area contributed by atoms with Gasteiger partial charge in [0.25, 0.3) is 0 Å². The Morgan fingerprint density at radius 2 is 1.24 bits per heavy atom. The van der Waals surface area contributed by atoms with Crippen LogP contribution < -0.4 is 15.2 Å². The van der Waals surface area contributed by atoms with Crippen molar-refractivity contribution in [1.29, 1.82) is 0 Å². The maximum Gasteiger partial charge on any atom is 0.416 e. The Labute approximate surface area is 339 Å². The first-order valence-corrected chi connectivity index (χ1v) is 17.8. The third kappa shape index (κ3) is 15.7. The second-order valence-electron chi connectivity index (χ2n) is 12.5. The maximum absolute atomic E-state index is 13.9. The summed E-state index contributed by atoms with van der Waals surface area (Å²) in [6, 6.07) is 9.95. The fourth-order valence-electron chi connectivity index (χ4n) is 5.23. The van der Waals surface area contributed by atoms with Gasteiger partial charge >= 0.3 is 18.5 Å². The summed E-state index contributed by atoms with van der Waals surface area (Å²) in [5.74, 6) is -2.37. The maximum atomic E-state index is 13.9. The molecule has 0 saturated heterocycles. The summed E-state index contributed by atoms with van der Waals surface area (Å²) in [6.45, 7) is 8.08. The van der Waals surface area contributed by atoms with Crippen molar-refractivity contribution >= 4 is 29.9 Å². The molecule has 0 saturated carbocycles. The van der Waals surface area contributed by atoms with E-state index in [1.165, 1.54) is 32.2 Å². The van der Waals surface area contributed by atoms with Crippen LogP contribution in [-0.2, 0) is 45.9 Å². The number of carbonyl (C=O) groups excluding carboxylic acids is 2. The molecule has 0 bridgehead atoms. The van der Waals surface area contributed by atoms with E-state index in [0.29, 0.717) is 41.7 Å². The van der Waals surface area contributed by atoms with Crippen molar-refractivity contribution in [2.75, 3.05) is 20.0 Å². The van der Waals surface area contributed by atoms with Gasteiger partial charge < -0.3 is 29.5 Å². The van der Waals surface area contributed by atoms with Gasteiger partial charge in [0, 0.05) is 24.8 Å². The molecule has 326 valence electrons. The molecule has 0 aromatic heterocycles. The molecule has 4 aromatic rings. The number of methoxy groups -OCH3 is 2. The third-order valence-corrected chi connectivity index (χ3v) is 8.12. The Bertz CT molecular complexity index is 1930. The van der Waals surface area contributed by atoms with Crippen LogP contribution in [0.3, 0.4) is 0 Å². The van der Waals surface area contributed by atoms with Crippen LogP contribution in [0.5, 0.6) is 11.5 Å².